The largest absolute Gasteiger partial charge is 0.481 e. The molecule has 0 radical (unpaired) electrons. The second-order valence-electron chi connectivity index (χ2n) is 5.39. The summed E-state index contributed by atoms with van der Waals surface area (Å²) in [6.07, 6.45) is 0.764. The first-order chi connectivity index (χ1) is 9.36. The standard InChI is InChI=1S/C15H22N2O3/c1-4-12(11-8-6-5-7-9-11)17-14(20)16-10-15(2,3)13(18)19/h5-9,12H,4,10H2,1-3H3,(H,18,19)(H2,16,17,20). The molecule has 1 aromatic rings. The molecule has 3 N–H and O–H groups in total. The van der Waals surface area contributed by atoms with E-state index in [1.165, 1.54) is 0 Å². The van der Waals surface area contributed by atoms with E-state index in [2.05, 4.69) is 10.6 Å². The van der Waals surface area contributed by atoms with Gasteiger partial charge < -0.3 is 15.7 Å². The molecule has 0 saturated carbocycles. The van der Waals surface area contributed by atoms with E-state index in [4.69, 9.17) is 5.11 Å². The Morgan fingerprint density at radius 3 is 2.35 bits per heavy atom. The molecule has 0 aliphatic rings. The van der Waals surface area contributed by atoms with Gasteiger partial charge in [0, 0.05) is 6.54 Å². The fraction of sp³-hybridized carbons (Fsp3) is 0.467. The van der Waals surface area contributed by atoms with Gasteiger partial charge in [-0.2, -0.15) is 0 Å². The maximum atomic E-state index is 11.8. The zero-order valence-corrected chi connectivity index (χ0v) is 12.1. The average Bonchev–Trinajstić information content (AvgIpc) is 2.43. The van der Waals surface area contributed by atoms with Crippen molar-refractivity contribution in [2.24, 2.45) is 5.41 Å². The quantitative estimate of drug-likeness (QED) is 0.748. The highest BCUT2D eigenvalue weighted by atomic mass is 16.4. The molecule has 1 atom stereocenters. The topological polar surface area (TPSA) is 78.4 Å². The molecule has 110 valence electrons. The summed E-state index contributed by atoms with van der Waals surface area (Å²) in [6.45, 7) is 5.22. The summed E-state index contributed by atoms with van der Waals surface area (Å²) in [5.74, 6) is -0.937. The molecular weight excluding hydrogens is 256 g/mol. The summed E-state index contributed by atoms with van der Waals surface area (Å²) >= 11 is 0. The summed E-state index contributed by atoms with van der Waals surface area (Å²) < 4.78 is 0. The van der Waals surface area contributed by atoms with E-state index in [0.717, 1.165) is 12.0 Å². The summed E-state index contributed by atoms with van der Waals surface area (Å²) in [5, 5.41) is 14.4. The number of hydrogen-bond donors (Lipinski definition) is 3. The first-order valence-electron chi connectivity index (χ1n) is 6.69. The lowest BCUT2D eigenvalue weighted by atomic mass is 9.94. The maximum Gasteiger partial charge on any atom is 0.315 e. The fourth-order valence-corrected chi connectivity index (χ4v) is 1.69. The highest BCUT2D eigenvalue weighted by Gasteiger charge is 2.27. The first-order valence-corrected chi connectivity index (χ1v) is 6.69. The number of hydrogen-bond acceptors (Lipinski definition) is 2. The lowest BCUT2D eigenvalue weighted by molar-refractivity contribution is -0.146. The van der Waals surface area contributed by atoms with Gasteiger partial charge in [0.25, 0.3) is 0 Å². The smallest absolute Gasteiger partial charge is 0.315 e. The number of benzene rings is 1. The van der Waals surface area contributed by atoms with Crippen LogP contribution >= 0.6 is 0 Å². The number of amides is 2. The van der Waals surface area contributed by atoms with Crippen molar-refractivity contribution in [2.45, 2.75) is 33.2 Å². The Balaban J connectivity index is 2.55. The summed E-state index contributed by atoms with van der Waals surface area (Å²) in [4.78, 5) is 22.8. The van der Waals surface area contributed by atoms with Crippen LogP contribution in [-0.4, -0.2) is 23.7 Å². The fourth-order valence-electron chi connectivity index (χ4n) is 1.69. The molecule has 0 saturated heterocycles. The van der Waals surface area contributed by atoms with E-state index in [1.807, 2.05) is 37.3 Å². The van der Waals surface area contributed by atoms with Gasteiger partial charge in [-0.1, -0.05) is 37.3 Å². The molecule has 1 aromatic carbocycles. The minimum atomic E-state index is -0.980. The van der Waals surface area contributed by atoms with Crippen LogP contribution in [0, 0.1) is 5.41 Å². The molecule has 0 aromatic heterocycles. The van der Waals surface area contributed by atoms with Crippen LogP contribution in [-0.2, 0) is 4.79 Å². The van der Waals surface area contributed by atoms with Gasteiger partial charge in [-0.25, -0.2) is 4.79 Å². The van der Waals surface area contributed by atoms with Crippen LogP contribution in [0.4, 0.5) is 4.79 Å². The van der Waals surface area contributed by atoms with E-state index >= 15 is 0 Å². The minimum Gasteiger partial charge on any atom is -0.481 e. The molecule has 1 unspecified atom stereocenters. The van der Waals surface area contributed by atoms with Crippen LogP contribution in [0.3, 0.4) is 0 Å². The van der Waals surface area contributed by atoms with Gasteiger partial charge in [0.1, 0.15) is 0 Å². The van der Waals surface area contributed by atoms with Crippen molar-refractivity contribution < 1.29 is 14.7 Å². The lowest BCUT2D eigenvalue weighted by Crippen LogP contribution is -2.44. The van der Waals surface area contributed by atoms with Crippen LogP contribution in [0.5, 0.6) is 0 Å². The molecule has 2 amide bonds. The molecule has 20 heavy (non-hydrogen) atoms. The number of carboxylic acid groups (broad SMARTS) is 1. The molecule has 0 fully saturated rings. The third-order valence-corrected chi connectivity index (χ3v) is 3.19. The average molecular weight is 278 g/mol. The van der Waals surface area contributed by atoms with Gasteiger partial charge in [0.15, 0.2) is 0 Å². The lowest BCUT2D eigenvalue weighted by Gasteiger charge is -2.22. The Morgan fingerprint density at radius 1 is 1.25 bits per heavy atom. The number of rotatable bonds is 6. The third-order valence-electron chi connectivity index (χ3n) is 3.19. The van der Waals surface area contributed by atoms with Gasteiger partial charge in [0.05, 0.1) is 11.5 Å². The Morgan fingerprint density at radius 2 is 1.85 bits per heavy atom. The highest BCUT2D eigenvalue weighted by molar-refractivity contribution is 5.77. The molecule has 5 heteroatoms. The van der Waals surface area contributed by atoms with Gasteiger partial charge >= 0.3 is 12.0 Å². The molecule has 0 aliphatic carbocycles. The molecule has 0 aliphatic heterocycles. The second-order valence-corrected chi connectivity index (χ2v) is 5.39. The van der Waals surface area contributed by atoms with Crippen molar-refractivity contribution in [1.82, 2.24) is 10.6 Å². The third kappa shape index (κ3) is 4.57. The number of urea groups is 1. The Labute approximate surface area is 119 Å². The van der Waals surface area contributed by atoms with Gasteiger partial charge in [-0.3, -0.25) is 4.79 Å². The van der Waals surface area contributed by atoms with Crippen LogP contribution in [0.1, 0.15) is 38.8 Å². The molecule has 0 spiro atoms. The van der Waals surface area contributed by atoms with Gasteiger partial charge in [-0.15, -0.1) is 0 Å². The van der Waals surface area contributed by atoms with Crippen molar-refractivity contribution in [3.05, 3.63) is 35.9 Å². The minimum absolute atomic E-state index is 0.0795. The highest BCUT2D eigenvalue weighted by Crippen LogP contribution is 2.16. The van der Waals surface area contributed by atoms with Crippen molar-refractivity contribution in [1.29, 1.82) is 0 Å². The molecular formula is C15H22N2O3. The number of carbonyl (C=O) groups excluding carboxylic acids is 1. The Kier molecular flexibility index (Phi) is 5.55. The van der Waals surface area contributed by atoms with Crippen molar-refractivity contribution in [3.8, 4) is 0 Å². The van der Waals surface area contributed by atoms with Crippen molar-refractivity contribution >= 4 is 12.0 Å². The monoisotopic (exact) mass is 278 g/mol. The van der Waals surface area contributed by atoms with Crippen LogP contribution in [0.15, 0.2) is 30.3 Å². The van der Waals surface area contributed by atoms with E-state index in [1.54, 1.807) is 13.8 Å². The van der Waals surface area contributed by atoms with E-state index < -0.39 is 11.4 Å². The number of carbonyl (C=O) groups is 2. The van der Waals surface area contributed by atoms with E-state index in [-0.39, 0.29) is 18.6 Å². The summed E-state index contributed by atoms with van der Waals surface area (Å²) in [6, 6.07) is 9.24. The van der Waals surface area contributed by atoms with Crippen LogP contribution in [0.25, 0.3) is 0 Å². The number of aliphatic carboxylic acids is 1. The molecule has 0 bridgehead atoms. The second kappa shape index (κ2) is 6.93. The van der Waals surface area contributed by atoms with Gasteiger partial charge in [0.2, 0.25) is 0 Å². The first kappa shape index (κ1) is 16.0. The number of nitrogens with one attached hydrogen (secondary N) is 2. The molecule has 5 nitrogen and oxygen atoms in total. The molecule has 1 rings (SSSR count). The summed E-state index contributed by atoms with van der Waals surface area (Å²) in [5.41, 5.74) is 0.0499. The zero-order valence-electron chi connectivity index (χ0n) is 12.1. The SMILES string of the molecule is CCC(NC(=O)NCC(C)(C)C(=O)O)c1ccccc1. The predicted octanol–water partition coefficient (Wildman–Crippen LogP) is 2.55. The predicted molar refractivity (Wildman–Crippen MR) is 77.4 cm³/mol. The van der Waals surface area contributed by atoms with Gasteiger partial charge in [-0.05, 0) is 25.8 Å². The van der Waals surface area contributed by atoms with Crippen LogP contribution < -0.4 is 10.6 Å². The van der Waals surface area contributed by atoms with Crippen LogP contribution in [0.2, 0.25) is 0 Å². The maximum absolute atomic E-state index is 11.8. The number of carboxylic acids is 1. The van der Waals surface area contributed by atoms with E-state index in [9.17, 15) is 9.59 Å². The molecule has 0 heterocycles. The van der Waals surface area contributed by atoms with Crippen molar-refractivity contribution in [3.63, 3.8) is 0 Å². The van der Waals surface area contributed by atoms with Crippen molar-refractivity contribution in [2.75, 3.05) is 6.54 Å². The Hall–Kier alpha value is -2.04. The Bertz CT molecular complexity index is 457. The summed E-state index contributed by atoms with van der Waals surface area (Å²) in [7, 11) is 0. The zero-order chi connectivity index (χ0) is 15.2. The normalized spacial score (nSPS) is 12.6. The van der Waals surface area contributed by atoms with E-state index in [0.29, 0.717) is 0 Å².